The second-order valence-corrected chi connectivity index (χ2v) is 7.46. The number of carbonyl (C=O) groups is 2. The second-order valence-electron chi connectivity index (χ2n) is 6.68. The lowest BCUT2D eigenvalue weighted by Gasteiger charge is -2.51. The minimum absolute atomic E-state index is 0.0285. The molecule has 0 unspecified atom stereocenters. The second kappa shape index (κ2) is 5.13. The van der Waals surface area contributed by atoms with E-state index >= 15 is 0 Å². The molecule has 0 aromatic carbocycles. The molecule has 0 atom stereocenters. The number of thiophene rings is 1. The molecule has 0 bridgehead atoms. The Bertz CT molecular complexity index is 545. The van der Waals surface area contributed by atoms with Gasteiger partial charge < -0.3 is 10.2 Å². The van der Waals surface area contributed by atoms with Crippen LogP contribution in [0.25, 0.3) is 0 Å². The lowest BCUT2D eigenvalue weighted by molar-refractivity contribution is -0.163. The Balaban J connectivity index is 1.93. The molecule has 1 aliphatic heterocycles. The van der Waals surface area contributed by atoms with Crippen molar-refractivity contribution >= 4 is 23.2 Å². The van der Waals surface area contributed by atoms with Crippen molar-refractivity contribution in [2.45, 2.75) is 63.6 Å². The molecule has 1 aromatic heterocycles. The zero-order valence-corrected chi connectivity index (χ0v) is 13.5. The van der Waals surface area contributed by atoms with Crippen molar-refractivity contribution in [3.8, 4) is 0 Å². The smallest absolute Gasteiger partial charge is 0.249 e. The van der Waals surface area contributed by atoms with E-state index in [2.05, 4.69) is 5.32 Å². The van der Waals surface area contributed by atoms with Gasteiger partial charge in [-0.25, -0.2) is 0 Å². The fourth-order valence-electron chi connectivity index (χ4n) is 3.39. The van der Waals surface area contributed by atoms with E-state index < -0.39 is 11.1 Å². The molecule has 2 amide bonds. The minimum atomic E-state index is -0.790. The molecule has 1 aliphatic carbocycles. The molecule has 3 rings (SSSR count). The highest BCUT2D eigenvalue weighted by Gasteiger charge is 2.54. The van der Waals surface area contributed by atoms with E-state index in [1.165, 1.54) is 0 Å². The molecule has 2 aliphatic rings. The molecule has 5 heteroatoms. The highest BCUT2D eigenvalue weighted by molar-refractivity contribution is 7.07. The van der Waals surface area contributed by atoms with Gasteiger partial charge >= 0.3 is 0 Å². The molecule has 1 saturated carbocycles. The van der Waals surface area contributed by atoms with E-state index in [1.54, 1.807) is 16.2 Å². The van der Waals surface area contributed by atoms with Gasteiger partial charge in [0, 0.05) is 6.54 Å². The van der Waals surface area contributed by atoms with Gasteiger partial charge in [0.1, 0.15) is 11.1 Å². The van der Waals surface area contributed by atoms with Gasteiger partial charge in [0.05, 0.1) is 0 Å². The number of hydrogen-bond acceptors (Lipinski definition) is 3. The maximum atomic E-state index is 13.1. The van der Waals surface area contributed by atoms with E-state index in [0.717, 1.165) is 37.7 Å². The zero-order chi connectivity index (χ0) is 15.1. The summed E-state index contributed by atoms with van der Waals surface area (Å²) >= 11 is 1.62. The van der Waals surface area contributed by atoms with Crippen molar-refractivity contribution in [3.63, 3.8) is 0 Å². The normalized spacial score (nSPS) is 24.2. The molecule has 21 heavy (non-hydrogen) atoms. The number of nitrogens with one attached hydrogen (secondary N) is 1. The lowest BCUT2D eigenvalue weighted by atomic mass is 9.76. The van der Waals surface area contributed by atoms with Crippen LogP contribution in [0, 0.1) is 0 Å². The van der Waals surface area contributed by atoms with Crippen molar-refractivity contribution < 1.29 is 9.59 Å². The molecule has 1 aromatic rings. The third-order valence-corrected chi connectivity index (χ3v) is 5.60. The molecule has 1 N–H and O–H groups in total. The third-order valence-electron chi connectivity index (χ3n) is 4.87. The SMILES string of the molecule is CC1(C)C(=O)NC2(CCCCC2)C(=O)N1Cc1ccsc1. The van der Waals surface area contributed by atoms with Crippen LogP contribution >= 0.6 is 11.3 Å². The fraction of sp³-hybridized carbons (Fsp3) is 0.625. The van der Waals surface area contributed by atoms with Crippen LogP contribution in [0.5, 0.6) is 0 Å². The lowest BCUT2D eigenvalue weighted by Crippen LogP contribution is -2.74. The van der Waals surface area contributed by atoms with E-state index in [9.17, 15) is 9.59 Å². The zero-order valence-electron chi connectivity index (χ0n) is 12.6. The standard InChI is InChI=1S/C16H22N2O2S/c1-15(2)13(19)17-16(7-4-3-5-8-16)14(20)18(15)10-12-6-9-21-11-12/h6,9,11H,3-5,7-8,10H2,1-2H3,(H,17,19). The summed E-state index contributed by atoms with van der Waals surface area (Å²) in [5.74, 6) is 0.0669. The molecule has 4 nitrogen and oxygen atoms in total. The predicted molar refractivity (Wildman–Crippen MR) is 82.9 cm³/mol. The Kier molecular flexibility index (Phi) is 3.56. The molecular weight excluding hydrogens is 284 g/mol. The van der Waals surface area contributed by atoms with E-state index in [-0.39, 0.29) is 11.8 Å². The van der Waals surface area contributed by atoms with Crippen LogP contribution in [-0.4, -0.2) is 27.8 Å². The molecule has 2 fully saturated rings. The highest BCUT2D eigenvalue weighted by atomic mass is 32.1. The van der Waals surface area contributed by atoms with Crippen LogP contribution in [0.4, 0.5) is 0 Å². The maximum Gasteiger partial charge on any atom is 0.249 e. The average Bonchev–Trinajstić information content (AvgIpc) is 2.96. The van der Waals surface area contributed by atoms with Crippen LogP contribution in [-0.2, 0) is 16.1 Å². The van der Waals surface area contributed by atoms with Crippen molar-refractivity contribution in [2.24, 2.45) is 0 Å². The van der Waals surface area contributed by atoms with Gasteiger partial charge in [-0.3, -0.25) is 9.59 Å². The van der Waals surface area contributed by atoms with Crippen molar-refractivity contribution in [1.82, 2.24) is 10.2 Å². The van der Waals surface area contributed by atoms with E-state index in [1.807, 2.05) is 30.7 Å². The quantitative estimate of drug-likeness (QED) is 0.913. The summed E-state index contributed by atoms with van der Waals surface area (Å²) in [4.78, 5) is 27.5. The first-order chi connectivity index (χ1) is 9.96. The summed E-state index contributed by atoms with van der Waals surface area (Å²) in [5.41, 5.74) is -0.343. The summed E-state index contributed by atoms with van der Waals surface area (Å²) in [6, 6.07) is 2.02. The first-order valence-corrected chi connectivity index (χ1v) is 8.56. The van der Waals surface area contributed by atoms with Gasteiger partial charge in [-0.1, -0.05) is 19.3 Å². The molecular formula is C16H22N2O2S. The Hall–Kier alpha value is -1.36. The molecule has 1 saturated heterocycles. The van der Waals surface area contributed by atoms with Gasteiger partial charge in [0.15, 0.2) is 0 Å². The maximum absolute atomic E-state index is 13.1. The van der Waals surface area contributed by atoms with Crippen LogP contribution in [0.3, 0.4) is 0 Å². The minimum Gasteiger partial charge on any atom is -0.340 e. The van der Waals surface area contributed by atoms with E-state index in [4.69, 9.17) is 0 Å². The van der Waals surface area contributed by atoms with Crippen LogP contribution in [0.2, 0.25) is 0 Å². The van der Waals surface area contributed by atoms with Gasteiger partial charge in [0.2, 0.25) is 11.8 Å². The van der Waals surface area contributed by atoms with Gasteiger partial charge in [0.25, 0.3) is 0 Å². The Labute approximate surface area is 129 Å². The number of rotatable bonds is 2. The molecule has 2 heterocycles. The van der Waals surface area contributed by atoms with Gasteiger partial charge in [-0.05, 0) is 49.1 Å². The topological polar surface area (TPSA) is 49.4 Å². The number of amides is 2. The largest absolute Gasteiger partial charge is 0.340 e. The summed E-state index contributed by atoms with van der Waals surface area (Å²) in [6.45, 7) is 4.19. The molecule has 0 radical (unpaired) electrons. The number of piperazine rings is 1. The number of hydrogen-bond donors (Lipinski definition) is 1. The first kappa shape index (κ1) is 14.6. The molecule has 1 spiro atoms. The number of nitrogens with zero attached hydrogens (tertiary/aromatic N) is 1. The van der Waals surface area contributed by atoms with Gasteiger partial charge in [-0.2, -0.15) is 11.3 Å². The van der Waals surface area contributed by atoms with Crippen molar-refractivity contribution in [2.75, 3.05) is 0 Å². The average molecular weight is 306 g/mol. The Morgan fingerprint density at radius 1 is 1.24 bits per heavy atom. The monoisotopic (exact) mass is 306 g/mol. The van der Waals surface area contributed by atoms with Crippen molar-refractivity contribution in [3.05, 3.63) is 22.4 Å². The molecule has 114 valence electrons. The third kappa shape index (κ3) is 2.37. The predicted octanol–water partition coefficient (Wildman–Crippen LogP) is 2.69. The van der Waals surface area contributed by atoms with E-state index in [0.29, 0.717) is 6.54 Å². The van der Waals surface area contributed by atoms with Crippen LogP contribution in [0.15, 0.2) is 16.8 Å². The van der Waals surface area contributed by atoms with Gasteiger partial charge in [-0.15, -0.1) is 0 Å². The first-order valence-electron chi connectivity index (χ1n) is 7.61. The Morgan fingerprint density at radius 2 is 1.95 bits per heavy atom. The number of carbonyl (C=O) groups excluding carboxylic acids is 2. The summed E-state index contributed by atoms with van der Waals surface area (Å²) in [5, 5.41) is 7.11. The summed E-state index contributed by atoms with van der Waals surface area (Å²) in [7, 11) is 0. The van der Waals surface area contributed by atoms with Crippen molar-refractivity contribution in [1.29, 1.82) is 0 Å². The Morgan fingerprint density at radius 3 is 2.57 bits per heavy atom. The summed E-state index contributed by atoms with van der Waals surface area (Å²) in [6.07, 6.45) is 4.72. The van der Waals surface area contributed by atoms with Crippen LogP contribution in [0.1, 0.15) is 51.5 Å². The highest BCUT2D eigenvalue weighted by Crippen LogP contribution is 2.37. The van der Waals surface area contributed by atoms with Crippen LogP contribution < -0.4 is 5.32 Å². The fourth-order valence-corrected chi connectivity index (χ4v) is 4.05. The summed E-state index contributed by atoms with van der Waals surface area (Å²) < 4.78 is 0.